The molecule has 0 unspecified atom stereocenters. The molecule has 2 rings (SSSR count). The van der Waals surface area contributed by atoms with E-state index in [2.05, 4.69) is 10.6 Å². The summed E-state index contributed by atoms with van der Waals surface area (Å²) >= 11 is 0. The summed E-state index contributed by atoms with van der Waals surface area (Å²) in [5.41, 5.74) is 0. The molecule has 0 aromatic heterocycles. The zero-order chi connectivity index (χ0) is 13.4. The summed E-state index contributed by atoms with van der Waals surface area (Å²) in [7, 11) is 3.92. The van der Waals surface area contributed by atoms with E-state index >= 15 is 0 Å². The van der Waals surface area contributed by atoms with Crippen molar-refractivity contribution in [1.82, 2.24) is 10.6 Å². The van der Waals surface area contributed by atoms with Crippen molar-refractivity contribution in [2.24, 2.45) is 0 Å². The maximum atomic E-state index is 10.7. The van der Waals surface area contributed by atoms with Crippen molar-refractivity contribution < 1.29 is 9.59 Å². The van der Waals surface area contributed by atoms with E-state index in [4.69, 9.17) is 0 Å². The van der Waals surface area contributed by atoms with Crippen LogP contribution in [0.3, 0.4) is 0 Å². The van der Waals surface area contributed by atoms with Crippen molar-refractivity contribution in [1.29, 1.82) is 0 Å². The fourth-order valence-corrected chi connectivity index (χ4v) is 2.46. The van der Waals surface area contributed by atoms with Crippen LogP contribution in [-0.4, -0.2) is 37.7 Å². The van der Waals surface area contributed by atoms with Gasteiger partial charge < -0.3 is 10.6 Å². The lowest BCUT2D eigenvalue weighted by Crippen LogP contribution is -2.29. The molecule has 104 valence electrons. The summed E-state index contributed by atoms with van der Waals surface area (Å²) in [5.74, 6) is 0.864. The molecule has 0 aromatic carbocycles. The molecular formula is C14H26N2O2. The molecule has 2 fully saturated rings. The molecule has 0 atom stereocenters. The van der Waals surface area contributed by atoms with E-state index in [1.54, 1.807) is 0 Å². The third-order valence-corrected chi connectivity index (χ3v) is 3.90. The summed E-state index contributed by atoms with van der Waals surface area (Å²) in [6.07, 6.45) is 7.28. The van der Waals surface area contributed by atoms with Crippen LogP contribution in [0.5, 0.6) is 0 Å². The van der Waals surface area contributed by atoms with Crippen molar-refractivity contribution in [3.63, 3.8) is 0 Å². The Hall–Kier alpha value is -0.740. The van der Waals surface area contributed by atoms with Gasteiger partial charge >= 0.3 is 0 Å². The second-order valence-electron chi connectivity index (χ2n) is 5.20. The minimum atomic E-state index is 0.432. The molecule has 4 nitrogen and oxygen atoms in total. The maximum absolute atomic E-state index is 10.7. The molecule has 0 spiro atoms. The van der Waals surface area contributed by atoms with Gasteiger partial charge in [-0.3, -0.25) is 9.59 Å². The van der Waals surface area contributed by atoms with Gasteiger partial charge in [0.2, 0.25) is 0 Å². The van der Waals surface area contributed by atoms with Gasteiger partial charge in [0, 0.05) is 37.8 Å². The molecular weight excluding hydrogens is 228 g/mol. The Morgan fingerprint density at radius 3 is 1.22 bits per heavy atom. The lowest BCUT2D eigenvalue weighted by Gasteiger charge is -2.19. The van der Waals surface area contributed by atoms with Crippen LogP contribution >= 0.6 is 0 Å². The Morgan fingerprint density at radius 1 is 0.722 bits per heavy atom. The highest BCUT2D eigenvalue weighted by Gasteiger charge is 2.16. The first-order valence-corrected chi connectivity index (χ1v) is 7.03. The lowest BCUT2D eigenvalue weighted by atomic mass is 9.95. The Bertz CT molecular complexity index is 231. The van der Waals surface area contributed by atoms with Gasteiger partial charge in [0.25, 0.3) is 0 Å². The van der Waals surface area contributed by atoms with Gasteiger partial charge in [-0.15, -0.1) is 0 Å². The van der Waals surface area contributed by atoms with E-state index in [0.29, 0.717) is 23.7 Å². The summed E-state index contributed by atoms with van der Waals surface area (Å²) in [6, 6.07) is 1.20. The summed E-state index contributed by atoms with van der Waals surface area (Å²) < 4.78 is 0. The van der Waals surface area contributed by atoms with Crippen LogP contribution in [0, 0.1) is 0 Å². The third kappa shape index (κ3) is 5.74. The molecule has 0 saturated heterocycles. The summed E-state index contributed by atoms with van der Waals surface area (Å²) in [5, 5.41) is 6.34. The SMILES string of the molecule is CNC1CCC(=O)CC1.CNC1CCC(=O)CC1. The zero-order valence-corrected chi connectivity index (χ0v) is 11.6. The fraction of sp³-hybridized carbons (Fsp3) is 0.857. The minimum absolute atomic E-state index is 0.432. The van der Waals surface area contributed by atoms with Crippen LogP contribution in [0.2, 0.25) is 0 Å². The molecule has 0 radical (unpaired) electrons. The van der Waals surface area contributed by atoms with Crippen LogP contribution in [0.1, 0.15) is 51.4 Å². The molecule has 4 heteroatoms. The second kappa shape index (κ2) is 8.38. The Balaban J connectivity index is 0.000000180. The number of rotatable bonds is 2. The van der Waals surface area contributed by atoms with E-state index in [1.165, 1.54) is 0 Å². The van der Waals surface area contributed by atoms with E-state index in [1.807, 2.05) is 14.1 Å². The number of carbonyl (C=O) groups excluding carboxylic acids is 2. The van der Waals surface area contributed by atoms with Crippen molar-refractivity contribution >= 4 is 11.6 Å². The monoisotopic (exact) mass is 254 g/mol. The van der Waals surface area contributed by atoms with Crippen LogP contribution in [0.4, 0.5) is 0 Å². The smallest absolute Gasteiger partial charge is 0.133 e. The Labute approximate surface area is 110 Å². The number of hydrogen-bond donors (Lipinski definition) is 2. The topological polar surface area (TPSA) is 58.2 Å². The lowest BCUT2D eigenvalue weighted by molar-refractivity contribution is -0.121. The van der Waals surface area contributed by atoms with Gasteiger partial charge in [0.1, 0.15) is 11.6 Å². The average Bonchev–Trinajstić information content (AvgIpc) is 2.41. The largest absolute Gasteiger partial charge is 0.317 e. The van der Waals surface area contributed by atoms with Crippen LogP contribution in [-0.2, 0) is 9.59 Å². The van der Waals surface area contributed by atoms with Crippen molar-refractivity contribution in [2.45, 2.75) is 63.5 Å². The van der Waals surface area contributed by atoms with Crippen LogP contribution in [0.15, 0.2) is 0 Å². The van der Waals surface area contributed by atoms with Crippen LogP contribution < -0.4 is 10.6 Å². The summed E-state index contributed by atoms with van der Waals surface area (Å²) in [4.78, 5) is 21.4. The van der Waals surface area contributed by atoms with Crippen molar-refractivity contribution in [3.8, 4) is 0 Å². The maximum Gasteiger partial charge on any atom is 0.133 e. The normalized spacial score (nSPS) is 22.6. The van der Waals surface area contributed by atoms with Crippen molar-refractivity contribution in [2.75, 3.05) is 14.1 Å². The molecule has 2 aliphatic carbocycles. The highest BCUT2D eigenvalue weighted by Crippen LogP contribution is 2.14. The van der Waals surface area contributed by atoms with Gasteiger partial charge in [0.15, 0.2) is 0 Å². The quantitative estimate of drug-likeness (QED) is 0.783. The van der Waals surface area contributed by atoms with Crippen LogP contribution in [0.25, 0.3) is 0 Å². The van der Waals surface area contributed by atoms with Gasteiger partial charge in [-0.05, 0) is 39.8 Å². The molecule has 0 bridgehead atoms. The molecule has 18 heavy (non-hydrogen) atoms. The first-order valence-electron chi connectivity index (χ1n) is 7.03. The standard InChI is InChI=1S/2C7H13NO/c2*1-8-6-2-4-7(9)5-3-6/h2*6,8H,2-5H2,1H3. The van der Waals surface area contributed by atoms with E-state index < -0.39 is 0 Å². The molecule has 0 heterocycles. The number of Topliss-reactive ketones (excluding diaryl/α,β-unsaturated/α-hetero) is 2. The first-order chi connectivity index (χ1) is 8.65. The van der Waals surface area contributed by atoms with E-state index in [0.717, 1.165) is 51.4 Å². The molecule has 0 aliphatic heterocycles. The Kier molecular flexibility index (Phi) is 7.13. The summed E-state index contributed by atoms with van der Waals surface area (Å²) in [6.45, 7) is 0. The minimum Gasteiger partial charge on any atom is -0.317 e. The molecule has 2 N–H and O–H groups in total. The molecule has 0 amide bonds. The highest BCUT2D eigenvalue weighted by molar-refractivity contribution is 5.79. The van der Waals surface area contributed by atoms with Gasteiger partial charge in [-0.25, -0.2) is 0 Å². The first kappa shape index (κ1) is 15.3. The predicted octanol–water partition coefficient (Wildman–Crippen LogP) is 1.43. The Morgan fingerprint density at radius 2 is 1.00 bits per heavy atom. The predicted molar refractivity (Wildman–Crippen MR) is 72.6 cm³/mol. The number of hydrogen-bond acceptors (Lipinski definition) is 4. The molecule has 2 aliphatic rings. The third-order valence-electron chi connectivity index (χ3n) is 3.90. The number of ketones is 2. The van der Waals surface area contributed by atoms with E-state index in [9.17, 15) is 9.59 Å². The van der Waals surface area contributed by atoms with Gasteiger partial charge in [-0.2, -0.15) is 0 Å². The van der Waals surface area contributed by atoms with Gasteiger partial charge in [-0.1, -0.05) is 0 Å². The average molecular weight is 254 g/mol. The molecule has 2 saturated carbocycles. The number of nitrogens with one attached hydrogen (secondary N) is 2. The zero-order valence-electron chi connectivity index (χ0n) is 11.6. The van der Waals surface area contributed by atoms with Crippen molar-refractivity contribution in [3.05, 3.63) is 0 Å². The second-order valence-corrected chi connectivity index (χ2v) is 5.20. The molecule has 0 aromatic rings. The van der Waals surface area contributed by atoms with E-state index in [-0.39, 0.29) is 0 Å². The van der Waals surface area contributed by atoms with Gasteiger partial charge in [0.05, 0.1) is 0 Å². The number of carbonyl (C=O) groups is 2. The fourth-order valence-electron chi connectivity index (χ4n) is 2.46. The highest BCUT2D eigenvalue weighted by atomic mass is 16.1.